The van der Waals surface area contributed by atoms with E-state index >= 15 is 0 Å². The van der Waals surface area contributed by atoms with E-state index in [4.69, 9.17) is 28.3 Å². The van der Waals surface area contributed by atoms with E-state index < -0.39 is 5.97 Å². The minimum Gasteiger partial charge on any atom is -0.478 e. The van der Waals surface area contributed by atoms with Gasteiger partial charge in [0.25, 0.3) is 5.56 Å². The molecule has 0 aliphatic rings. The first kappa shape index (κ1) is 14.6. The molecule has 0 atom stereocenters. The number of hydrogen-bond donors (Lipinski definition) is 1. The molecule has 0 amide bonds. The summed E-state index contributed by atoms with van der Waals surface area (Å²) in [7, 11) is 0. The van der Waals surface area contributed by atoms with Gasteiger partial charge in [-0.15, -0.1) is 0 Å². The Hall–Kier alpha value is -1.78. The first-order chi connectivity index (χ1) is 9.47. The second kappa shape index (κ2) is 6.11. The number of carboxylic acids is 1. The second-order valence-electron chi connectivity index (χ2n) is 4.24. The Bertz CT molecular complexity index is 710. The average molecular weight is 312 g/mol. The molecule has 2 aromatic rings. The number of aryl methyl sites for hydroxylation is 2. The number of pyridine rings is 1. The molecule has 0 fully saturated rings. The fourth-order valence-corrected chi connectivity index (χ4v) is 2.30. The molecule has 2 rings (SSSR count). The number of nitrogens with zero attached hydrogens (tertiary/aromatic N) is 1. The number of benzene rings is 1. The zero-order valence-electron chi connectivity index (χ0n) is 10.3. The molecular weight excluding hydrogens is 301 g/mol. The third kappa shape index (κ3) is 3.40. The molecule has 1 heterocycles. The highest BCUT2D eigenvalue weighted by Crippen LogP contribution is 2.21. The summed E-state index contributed by atoms with van der Waals surface area (Å²) in [5, 5.41) is 9.98. The van der Waals surface area contributed by atoms with Crippen molar-refractivity contribution in [3.05, 3.63) is 68.1 Å². The molecular formula is C14H11Cl2NO3. The van der Waals surface area contributed by atoms with E-state index in [1.165, 1.54) is 22.9 Å². The first-order valence-corrected chi connectivity index (χ1v) is 6.60. The van der Waals surface area contributed by atoms with Gasteiger partial charge >= 0.3 is 5.97 Å². The summed E-state index contributed by atoms with van der Waals surface area (Å²) in [6.07, 6.45) is 1.84. The molecule has 6 heteroatoms. The number of halogens is 2. The maximum absolute atomic E-state index is 11.7. The summed E-state index contributed by atoms with van der Waals surface area (Å²) in [5.41, 5.74) is 0.676. The zero-order valence-corrected chi connectivity index (χ0v) is 11.9. The largest absolute Gasteiger partial charge is 0.478 e. The fourth-order valence-electron chi connectivity index (χ4n) is 1.80. The highest BCUT2D eigenvalue weighted by atomic mass is 35.5. The van der Waals surface area contributed by atoms with Crippen LogP contribution in [0.2, 0.25) is 10.0 Å². The summed E-state index contributed by atoms with van der Waals surface area (Å²) in [4.78, 5) is 22.5. The summed E-state index contributed by atoms with van der Waals surface area (Å²) in [6.45, 7) is 0.349. The lowest BCUT2D eigenvalue weighted by molar-refractivity contribution is 0.0696. The van der Waals surface area contributed by atoms with E-state index in [9.17, 15) is 9.59 Å². The average Bonchev–Trinajstić information content (AvgIpc) is 2.39. The lowest BCUT2D eigenvalue weighted by Crippen LogP contribution is -2.21. The van der Waals surface area contributed by atoms with Crippen LogP contribution in [0.3, 0.4) is 0 Å². The third-order valence-corrected chi connectivity index (χ3v) is 3.45. The van der Waals surface area contributed by atoms with Gasteiger partial charge in [0.2, 0.25) is 0 Å². The van der Waals surface area contributed by atoms with Gasteiger partial charge in [0, 0.05) is 28.9 Å². The van der Waals surface area contributed by atoms with Gasteiger partial charge < -0.3 is 9.67 Å². The van der Waals surface area contributed by atoms with Crippen LogP contribution in [0.25, 0.3) is 0 Å². The second-order valence-corrected chi connectivity index (χ2v) is 5.08. The fraction of sp³-hybridized carbons (Fsp3) is 0.143. The van der Waals surface area contributed by atoms with Crippen molar-refractivity contribution in [2.45, 2.75) is 13.0 Å². The van der Waals surface area contributed by atoms with Crippen molar-refractivity contribution < 1.29 is 9.90 Å². The van der Waals surface area contributed by atoms with Crippen LogP contribution in [0, 0.1) is 0 Å². The SMILES string of the molecule is O=C(O)c1ccc(=O)n(CCc2ccc(Cl)cc2Cl)c1. The van der Waals surface area contributed by atoms with Crippen LogP contribution in [0.15, 0.2) is 41.3 Å². The Kier molecular flexibility index (Phi) is 4.47. The van der Waals surface area contributed by atoms with E-state index in [1.807, 2.05) is 0 Å². The summed E-state index contributed by atoms with van der Waals surface area (Å²) >= 11 is 11.9. The standard InChI is InChI=1S/C14H11Cl2NO3/c15-11-3-1-9(12(16)7-11)5-6-17-8-10(14(19)20)2-4-13(17)18/h1-4,7-8H,5-6H2,(H,19,20). The quantitative estimate of drug-likeness (QED) is 0.944. The molecule has 0 unspecified atom stereocenters. The van der Waals surface area contributed by atoms with Crippen LogP contribution >= 0.6 is 23.2 Å². The van der Waals surface area contributed by atoms with Crippen LogP contribution in [-0.4, -0.2) is 15.6 Å². The Balaban J connectivity index is 2.20. The maximum atomic E-state index is 11.7. The van der Waals surface area contributed by atoms with Gasteiger partial charge in [0.05, 0.1) is 5.56 Å². The molecule has 0 aliphatic heterocycles. The molecule has 20 heavy (non-hydrogen) atoms. The Morgan fingerprint density at radius 1 is 1.20 bits per heavy atom. The van der Waals surface area contributed by atoms with Crippen molar-refractivity contribution in [3.8, 4) is 0 Å². The molecule has 1 aromatic carbocycles. The van der Waals surface area contributed by atoms with Crippen molar-refractivity contribution in [1.29, 1.82) is 0 Å². The highest BCUT2D eigenvalue weighted by Gasteiger charge is 2.06. The number of aromatic carboxylic acids is 1. The van der Waals surface area contributed by atoms with E-state index in [0.29, 0.717) is 23.0 Å². The molecule has 0 saturated heterocycles. The molecule has 0 bridgehead atoms. The maximum Gasteiger partial charge on any atom is 0.337 e. The predicted octanol–water partition coefficient (Wildman–Crippen LogP) is 3.10. The van der Waals surface area contributed by atoms with Crippen LogP contribution < -0.4 is 5.56 Å². The minimum absolute atomic E-state index is 0.0757. The van der Waals surface area contributed by atoms with Gasteiger partial charge in [-0.3, -0.25) is 4.79 Å². The molecule has 4 nitrogen and oxygen atoms in total. The van der Waals surface area contributed by atoms with Gasteiger partial charge in [-0.1, -0.05) is 29.3 Å². The molecule has 0 aliphatic carbocycles. The minimum atomic E-state index is -1.07. The normalized spacial score (nSPS) is 10.5. The van der Waals surface area contributed by atoms with Crippen molar-refractivity contribution in [1.82, 2.24) is 4.57 Å². The Morgan fingerprint density at radius 2 is 1.95 bits per heavy atom. The monoisotopic (exact) mass is 311 g/mol. The van der Waals surface area contributed by atoms with E-state index in [2.05, 4.69) is 0 Å². The molecule has 104 valence electrons. The van der Waals surface area contributed by atoms with Gasteiger partial charge in [-0.2, -0.15) is 0 Å². The van der Waals surface area contributed by atoms with Crippen molar-refractivity contribution in [3.63, 3.8) is 0 Å². The van der Waals surface area contributed by atoms with Gasteiger partial charge in [0.15, 0.2) is 0 Å². The Labute approximate surface area is 125 Å². The van der Waals surface area contributed by atoms with Crippen molar-refractivity contribution >= 4 is 29.2 Å². The summed E-state index contributed by atoms with van der Waals surface area (Å²) < 4.78 is 1.36. The van der Waals surface area contributed by atoms with Crippen molar-refractivity contribution in [2.75, 3.05) is 0 Å². The van der Waals surface area contributed by atoms with Crippen LogP contribution in [0.1, 0.15) is 15.9 Å². The predicted molar refractivity (Wildman–Crippen MR) is 77.8 cm³/mol. The van der Waals surface area contributed by atoms with Crippen LogP contribution in [0.4, 0.5) is 0 Å². The highest BCUT2D eigenvalue weighted by molar-refractivity contribution is 6.35. The lowest BCUT2D eigenvalue weighted by atomic mass is 10.1. The topological polar surface area (TPSA) is 59.3 Å². The molecule has 0 spiro atoms. The molecule has 0 saturated carbocycles. The number of carbonyl (C=O) groups is 1. The summed E-state index contributed by atoms with van der Waals surface area (Å²) in [6, 6.07) is 7.67. The number of aromatic nitrogens is 1. The lowest BCUT2D eigenvalue weighted by Gasteiger charge is -2.08. The number of rotatable bonds is 4. The van der Waals surface area contributed by atoms with Gasteiger partial charge in [-0.05, 0) is 30.2 Å². The molecule has 1 aromatic heterocycles. The Morgan fingerprint density at radius 3 is 2.60 bits per heavy atom. The van der Waals surface area contributed by atoms with Crippen LogP contribution in [0.5, 0.6) is 0 Å². The smallest absolute Gasteiger partial charge is 0.337 e. The van der Waals surface area contributed by atoms with E-state index in [1.54, 1.807) is 18.2 Å². The van der Waals surface area contributed by atoms with Crippen LogP contribution in [-0.2, 0) is 13.0 Å². The first-order valence-electron chi connectivity index (χ1n) is 5.85. The zero-order chi connectivity index (χ0) is 14.7. The number of hydrogen-bond acceptors (Lipinski definition) is 2. The van der Waals surface area contributed by atoms with Gasteiger partial charge in [0.1, 0.15) is 0 Å². The molecule has 1 N–H and O–H groups in total. The van der Waals surface area contributed by atoms with Crippen molar-refractivity contribution in [2.24, 2.45) is 0 Å². The third-order valence-electron chi connectivity index (χ3n) is 2.87. The number of carboxylic acid groups (broad SMARTS) is 1. The van der Waals surface area contributed by atoms with E-state index in [0.717, 1.165) is 5.56 Å². The molecule has 0 radical (unpaired) electrons. The van der Waals surface area contributed by atoms with E-state index in [-0.39, 0.29) is 11.1 Å². The van der Waals surface area contributed by atoms with Gasteiger partial charge in [-0.25, -0.2) is 4.79 Å². The summed E-state index contributed by atoms with van der Waals surface area (Å²) in [5.74, 6) is -1.07.